The largest absolute Gasteiger partial charge is 0.320 e. The van der Waals surface area contributed by atoms with E-state index in [2.05, 4.69) is 0 Å². The van der Waals surface area contributed by atoms with Crippen LogP contribution in [0.2, 0.25) is 5.02 Å². The highest BCUT2D eigenvalue weighted by molar-refractivity contribution is 6.30. The van der Waals surface area contributed by atoms with Gasteiger partial charge in [0.15, 0.2) is 5.78 Å². The second-order valence-corrected chi connectivity index (χ2v) is 4.15. The lowest BCUT2D eigenvalue weighted by atomic mass is 10.2. The molecule has 1 aromatic carbocycles. The Kier molecular flexibility index (Phi) is 2.84. The molecule has 1 aromatic heterocycles. The maximum atomic E-state index is 11.3. The fraction of sp³-hybridized carbons (Fsp3) is 0.154. The molecule has 1 heterocycles. The number of hydrogen-bond acceptors (Lipinski definition) is 1. The van der Waals surface area contributed by atoms with Gasteiger partial charge in [0.2, 0.25) is 0 Å². The second-order valence-electron chi connectivity index (χ2n) is 3.72. The first-order valence-electron chi connectivity index (χ1n) is 5.04. The van der Waals surface area contributed by atoms with Gasteiger partial charge in [-0.2, -0.15) is 0 Å². The summed E-state index contributed by atoms with van der Waals surface area (Å²) in [5.74, 6) is 0.0882. The van der Waals surface area contributed by atoms with E-state index in [9.17, 15) is 4.79 Å². The molecule has 82 valence electrons. The quantitative estimate of drug-likeness (QED) is 0.726. The third-order valence-corrected chi connectivity index (χ3v) is 2.88. The van der Waals surface area contributed by atoms with E-state index in [1.807, 2.05) is 48.0 Å². The molecule has 2 rings (SSSR count). The molecule has 0 unspecified atom stereocenters. The number of halogens is 1. The molecule has 2 aromatic rings. The average Bonchev–Trinajstić information content (AvgIpc) is 2.61. The van der Waals surface area contributed by atoms with Crippen molar-refractivity contribution in [2.24, 2.45) is 0 Å². The first-order chi connectivity index (χ1) is 7.59. The fourth-order valence-corrected chi connectivity index (χ4v) is 1.89. The van der Waals surface area contributed by atoms with Crippen molar-refractivity contribution in [3.05, 3.63) is 52.8 Å². The van der Waals surface area contributed by atoms with Crippen molar-refractivity contribution in [1.29, 1.82) is 0 Å². The van der Waals surface area contributed by atoms with Gasteiger partial charge >= 0.3 is 0 Å². The molecular formula is C13H12ClNO. The predicted molar refractivity (Wildman–Crippen MR) is 65.5 cm³/mol. The lowest BCUT2D eigenvalue weighted by molar-refractivity contribution is 0.101. The van der Waals surface area contributed by atoms with E-state index in [1.165, 1.54) is 0 Å². The van der Waals surface area contributed by atoms with Crippen molar-refractivity contribution in [2.45, 2.75) is 13.8 Å². The van der Waals surface area contributed by atoms with E-state index in [-0.39, 0.29) is 5.78 Å². The standard InChI is InChI=1S/C13H12ClNO/c1-9-13(10(2)16)7-8-15(9)12-5-3-11(14)4-6-12/h3-8H,1-2H3. The van der Waals surface area contributed by atoms with Gasteiger partial charge in [-0.25, -0.2) is 0 Å². The van der Waals surface area contributed by atoms with Crippen molar-refractivity contribution in [2.75, 3.05) is 0 Å². The Bertz CT molecular complexity index is 525. The number of aromatic nitrogens is 1. The van der Waals surface area contributed by atoms with Crippen LogP contribution < -0.4 is 0 Å². The van der Waals surface area contributed by atoms with Crippen LogP contribution in [0.4, 0.5) is 0 Å². The van der Waals surface area contributed by atoms with Crippen LogP contribution in [-0.4, -0.2) is 10.4 Å². The zero-order valence-electron chi connectivity index (χ0n) is 9.20. The normalized spacial score (nSPS) is 10.4. The number of ketones is 1. The Balaban J connectivity index is 2.49. The number of rotatable bonds is 2. The van der Waals surface area contributed by atoms with Gasteiger partial charge in [-0.05, 0) is 44.2 Å². The molecule has 0 aliphatic heterocycles. The number of carbonyl (C=O) groups is 1. The molecule has 0 N–H and O–H groups in total. The summed E-state index contributed by atoms with van der Waals surface area (Å²) in [6.45, 7) is 3.51. The zero-order valence-corrected chi connectivity index (χ0v) is 9.95. The van der Waals surface area contributed by atoms with E-state index in [0.29, 0.717) is 5.02 Å². The Hall–Kier alpha value is -1.54. The van der Waals surface area contributed by atoms with Gasteiger partial charge in [-0.15, -0.1) is 0 Å². The van der Waals surface area contributed by atoms with Crippen molar-refractivity contribution in [1.82, 2.24) is 4.57 Å². The summed E-state index contributed by atoms with van der Waals surface area (Å²) in [7, 11) is 0. The number of hydrogen-bond donors (Lipinski definition) is 0. The molecule has 0 saturated heterocycles. The van der Waals surface area contributed by atoms with Crippen LogP contribution in [0.3, 0.4) is 0 Å². The SMILES string of the molecule is CC(=O)c1ccn(-c2ccc(Cl)cc2)c1C. The van der Waals surface area contributed by atoms with Crippen LogP contribution in [0, 0.1) is 6.92 Å². The Morgan fingerprint density at radius 3 is 2.31 bits per heavy atom. The molecule has 0 fully saturated rings. The molecule has 16 heavy (non-hydrogen) atoms. The van der Waals surface area contributed by atoms with Crippen LogP contribution in [0.25, 0.3) is 5.69 Å². The minimum atomic E-state index is 0.0882. The van der Waals surface area contributed by atoms with Gasteiger partial charge in [-0.3, -0.25) is 4.79 Å². The van der Waals surface area contributed by atoms with Gasteiger partial charge in [0, 0.05) is 28.2 Å². The van der Waals surface area contributed by atoms with E-state index < -0.39 is 0 Å². The Morgan fingerprint density at radius 2 is 1.81 bits per heavy atom. The Morgan fingerprint density at radius 1 is 1.19 bits per heavy atom. The van der Waals surface area contributed by atoms with Gasteiger partial charge in [-0.1, -0.05) is 11.6 Å². The van der Waals surface area contributed by atoms with Crippen molar-refractivity contribution in [3.63, 3.8) is 0 Å². The van der Waals surface area contributed by atoms with E-state index in [0.717, 1.165) is 16.9 Å². The molecular weight excluding hydrogens is 222 g/mol. The highest BCUT2D eigenvalue weighted by Gasteiger charge is 2.09. The summed E-state index contributed by atoms with van der Waals surface area (Å²) in [4.78, 5) is 11.3. The van der Waals surface area contributed by atoms with Crippen molar-refractivity contribution >= 4 is 17.4 Å². The molecule has 2 nitrogen and oxygen atoms in total. The second kappa shape index (κ2) is 4.14. The molecule has 0 radical (unpaired) electrons. The predicted octanol–water partition coefficient (Wildman–Crippen LogP) is 3.64. The summed E-state index contributed by atoms with van der Waals surface area (Å²) >= 11 is 5.83. The molecule has 0 spiro atoms. The van der Waals surface area contributed by atoms with Crippen LogP contribution in [0.1, 0.15) is 23.0 Å². The van der Waals surface area contributed by atoms with Crippen molar-refractivity contribution in [3.8, 4) is 5.69 Å². The topological polar surface area (TPSA) is 22.0 Å². The third-order valence-electron chi connectivity index (χ3n) is 2.63. The van der Waals surface area contributed by atoms with Crippen LogP contribution in [-0.2, 0) is 0 Å². The zero-order chi connectivity index (χ0) is 11.7. The summed E-state index contributed by atoms with van der Waals surface area (Å²) < 4.78 is 1.98. The minimum Gasteiger partial charge on any atom is -0.320 e. The lowest BCUT2D eigenvalue weighted by Crippen LogP contribution is -1.98. The molecule has 0 saturated carbocycles. The number of carbonyl (C=O) groups excluding carboxylic acids is 1. The van der Waals surface area contributed by atoms with Crippen molar-refractivity contribution < 1.29 is 4.79 Å². The summed E-state index contributed by atoms with van der Waals surface area (Å²) in [6.07, 6.45) is 1.90. The first kappa shape index (κ1) is 11.0. The molecule has 0 aliphatic rings. The average molecular weight is 234 g/mol. The minimum absolute atomic E-state index is 0.0882. The van der Waals surface area contributed by atoms with Gasteiger partial charge in [0.1, 0.15) is 0 Å². The third kappa shape index (κ3) is 1.89. The highest BCUT2D eigenvalue weighted by atomic mass is 35.5. The summed E-state index contributed by atoms with van der Waals surface area (Å²) in [5.41, 5.74) is 2.72. The summed E-state index contributed by atoms with van der Waals surface area (Å²) in [6, 6.07) is 9.37. The maximum Gasteiger partial charge on any atom is 0.161 e. The maximum absolute atomic E-state index is 11.3. The van der Waals surface area contributed by atoms with Crippen LogP contribution >= 0.6 is 11.6 Å². The monoisotopic (exact) mass is 233 g/mol. The molecule has 0 amide bonds. The molecule has 0 atom stereocenters. The number of benzene rings is 1. The highest BCUT2D eigenvalue weighted by Crippen LogP contribution is 2.18. The van der Waals surface area contributed by atoms with E-state index in [4.69, 9.17) is 11.6 Å². The molecule has 0 aliphatic carbocycles. The van der Waals surface area contributed by atoms with Gasteiger partial charge in [0.05, 0.1) is 0 Å². The molecule has 0 bridgehead atoms. The van der Waals surface area contributed by atoms with E-state index in [1.54, 1.807) is 6.92 Å². The lowest BCUT2D eigenvalue weighted by Gasteiger charge is -2.06. The summed E-state index contributed by atoms with van der Waals surface area (Å²) in [5, 5.41) is 0.709. The van der Waals surface area contributed by atoms with Gasteiger partial charge in [0.25, 0.3) is 0 Å². The fourth-order valence-electron chi connectivity index (χ4n) is 1.76. The number of nitrogens with zero attached hydrogens (tertiary/aromatic N) is 1. The molecule has 3 heteroatoms. The smallest absolute Gasteiger partial charge is 0.161 e. The first-order valence-corrected chi connectivity index (χ1v) is 5.42. The van der Waals surface area contributed by atoms with Gasteiger partial charge < -0.3 is 4.57 Å². The number of Topliss-reactive ketones (excluding diaryl/α,β-unsaturated/α-hetero) is 1. The van der Waals surface area contributed by atoms with Crippen LogP contribution in [0.15, 0.2) is 36.5 Å². The van der Waals surface area contributed by atoms with Crippen LogP contribution in [0.5, 0.6) is 0 Å². The Labute approximate surface area is 99.5 Å². The van der Waals surface area contributed by atoms with E-state index >= 15 is 0 Å².